The van der Waals surface area contributed by atoms with Gasteiger partial charge in [0.1, 0.15) is 5.52 Å². The van der Waals surface area contributed by atoms with Crippen LogP contribution in [0.1, 0.15) is 28.5 Å². The van der Waals surface area contributed by atoms with Crippen molar-refractivity contribution >= 4 is 32.5 Å². The highest BCUT2D eigenvalue weighted by Gasteiger charge is 2.35. The minimum absolute atomic E-state index is 0.0796. The molecule has 8 nitrogen and oxygen atoms in total. The molecule has 4 rings (SSSR count). The molecule has 0 saturated heterocycles. The molecule has 2 N–H and O–H groups in total. The summed E-state index contributed by atoms with van der Waals surface area (Å²) < 4.78 is 27.1. The number of anilines is 1. The van der Waals surface area contributed by atoms with Crippen molar-refractivity contribution < 1.29 is 18.3 Å². The second-order valence-electron chi connectivity index (χ2n) is 6.46. The van der Waals surface area contributed by atoms with Crippen LogP contribution >= 0.6 is 0 Å². The van der Waals surface area contributed by atoms with Crippen LogP contribution in [0.3, 0.4) is 0 Å². The lowest BCUT2D eigenvalue weighted by Gasteiger charge is -2.16. The van der Waals surface area contributed by atoms with Crippen LogP contribution < -0.4 is 4.72 Å². The summed E-state index contributed by atoms with van der Waals surface area (Å²) in [6.45, 7) is 1.93. The van der Waals surface area contributed by atoms with Crippen molar-refractivity contribution in [2.45, 2.75) is 20.0 Å². The number of pyridine rings is 2. The zero-order valence-electron chi connectivity index (χ0n) is 15.1. The molecule has 0 spiro atoms. The maximum Gasteiger partial charge on any atom is 0.258 e. The first-order valence-electron chi connectivity index (χ1n) is 8.73. The highest BCUT2D eigenvalue weighted by molar-refractivity contribution is 7.92. The van der Waals surface area contributed by atoms with Gasteiger partial charge in [0.15, 0.2) is 5.75 Å². The average Bonchev–Trinajstić information content (AvgIpc) is 3.02. The van der Waals surface area contributed by atoms with Crippen molar-refractivity contribution in [2.24, 2.45) is 0 Å². The van der Waals surface area contributed by atoms with Crippen LogP contribution in [-0.4, -0.2) is 40.1 Å². The molecule has 0 radical (unpaired) electrons. The Morgan fingerprint density at radius 2 is 1.96 bits per heavy atom. The van der Waals surface area contributed by atoms with E-state index >= 15 is 0 Å². The number of aromatic nitrogens is 2. The number of fused-ring (bicyclic) bond motifs is 2. The van der Waals surface area contributed by atoms with Crippen LogP contribution in [0.4, 0.5) is 5.69 Å². The molecule has 144 valence electrons. The standard InChI is InChI=1S/C19H18N4O4S/c1-2-28(26,27)22-16-13-7-5-9-21-17(13)18(24)15-14(16)11-23(19(15)25)10-12-6-3-4-8-20-12/h3-9,22,24H,2,10-11H2,1H3. The number of amides is 1. The molecule has 9 heteroatoms. The minimum Gasteiger partial charge on any atom is -0.505 e. The molecule has 28 heavy (non-hydrogen) atoms. The minimum atomic E-state index is -3.59. The van der Waals surface area contributed by atoms with Crippen LogP contribution in [0.2, 0.25) is 0 Å². The highest BCUT2D eigenvalue weighted by Crippen LogP contribution is 2.42. The molecule has 2 aromatic heterocycles. The molecule has 0 fully saturated rings. The summed E-state index contributed by atoms with van der Waals surface area (Å²) in [4.78, 5) is 22.9. The van der Waals surface area contributed by atoms with Crippen LogP contribution in [0.25, 0.3) is 10.9 Å². The van der Waals surface area contributed by atoms with E-state index in [1.807, 2.05) is 6.07 Å². The van der Waals surface area contributed by atoms with Gasteiger partial charge in [0.05, 0.1) is 29.2 Å². The largest absolute Gasteiger partial charge is 0.505 e. The van der Waals surface area contributed by atoms with Gasteiger partial charge >= 0.3 is 0 Å². The topological polar surface area (TPSA) is 112 Å². The third kappa shape index (κ3) is 3.03. The molecule has 0 aliphatic carbocycles. The number of aromatic hydroxyl groups is 1. The van der Waals surface area contributed by atoms with Crippen molar-refractivity contribution in [3.05, 3.63) is 59.5 Å². The molecule has 3 aromatic rings. The number of hydrogen-bond donors (Lipinski definition) is 2. The van der Waals surface area contributed by atoms with Crippen LogP contribution in [0.5, 0.6) is 5.75 Å². The fourth-order valence-electron chi connectivity index (χ4n) is 3.31. The second kappa shape index (κ2) is 6.75. The molecule has 0 saturated carbocycles. The summed E-state index contributed by atoms with van der Waals surface area (Å²) in [7, 11) is -3.59. The number of benzene rings is 1. The maximum absolute atomic E-state index is 13.0. The fourth-order valence-corrected chi connectivity index (χ4v) is 4.00. The van der Waals surface area contributed by atoms with E-state index in [1.165, 1.54) is 18.0 Å². The molecule has 1 amide bonds. The Morgan fingerprint density at radius 3 is 2.68 bits per heavy atom. The van der Waals surface area contributed by atoms with E-state index in [9.17, 15) is 18.3 Å². The molecule has 0 unspecified atom stereocenters. The van der Waals surface area contributed by atoms with Gasteiger partial charge in [-0.25, -0.2) is 8.42 Å². The van der Waals surface area contributed by atoms with Gasteiger partial charge in [-0.3, -0.25) is 19.5 Å². The van der Waals surface area contributed by atoms with E-state index in [-0.39, 0.29) is 47.3 Å². The lowest BCUT2D eigenvalue weighted by molar-refractivity contribution is 0.0763. The first kappa shape index (κ1) is 18.2. The maximum atomic E-state index is 13.0. The summed E-state index contributed by atoms with van der Waals surface area (Å²) in [5, 5.41) is 11.1. The predicted octanol–water partition coefficient (Wildman–Crippen LogP) is 2.25. The SMILES string of the molecule is CCS(=O)(=O)Nc1c2c(c(O)c3ncccc13)C(=O)N(Cc1ccccn1)C2. The average molecular weight is 398 g/mol. The normalized spacial score (nSPS) is 13.8. The number of hydrogen-bond acceptors (Lipinski definition) is 6. The van der Waals surface area contributed by atoms with E-state index in [1.54, 1.807) is 30.5 Å². The number of nitrogens with one attached hydrogen (secondary N) is 1. The van der Waals surface area contributed by atoms with Crippen molar-refractivity contribution in [3.8, 4) is 5.75 Å². The molecular formula is C19H18N4O4S. The number of phenols is 1. The van der Waals surface area contributed by atoms with Crippen molar-refractivity contribution in [1.29, 1.82) is 0 Å². The molecule has 0 bridgehead atoms. The lowest BCUT2D eigenvalue weighted by atomic mass is 10.0. The van der Waals surface area contributed by atoms with Gasteiger partial charge in [0.25, 0.3) is 5.91 Å². The number of carbonyl (C=O) groups excluding carboxylic acids is 1. The zero-order chi connectivity index (χ0) is 19.9. The number of carbonyl (C=O) groups is 1. The van der Waals surface area contributed by atoms with Crippen molar-refractivity contribution in [1.82, 2.24) is 14.9 Å². The molecular weight excluding hydrogens is 380 g/mol. The predicted molar refractivity (Wildman–Crippen MR) is 104 cm³/mol. The van der Waals surface area contributed by atoms with Gasteiger partial charge in [-0.2, -0.15) is 0 Å². The summed E-state index contributed by atoms with van der Waals surface area (Å²) in [5.74, 6) is -0.739. The van der Waals surface area contributed by atoms with Gasteiger partial charge in [-0.1, -0.05) is 6.07 Å². The second-order valence-corrected chi connectivity index (χ2v) is 8.48. The summed E-state index contributed by atoms with van der Waals surface area (Å²) in [6, 6.07) is 8.73. The Bertz CT molecular complexity index is 1180. The smallest absolute Gasteiger partial charge is 0.258 e. The summed E-state index contributed by atoms with van der Waals surface area (Å²) in [6.07, 6.45) is 3.12. The van der Waals surface area contributed by atoms with E-state index < -0.39 is 10.0 Å². The number of phenolic OH excluding ortho intramolecular Hbond substituents is 1. The number of rotatable bonds is 5. The highest BCUT2D eigenvalue weighted by atomic mass is 32.2. The Labute approximate surface area is 161 Å². The van der Waals surface area contributed by atoms with Crippen molar-refractivity contribution in [3.63, 3.8) is 0 Å². The monoisotopic (exact) mass is 398 g/mol. The molecule has 3 heterocycles. The summed E-state index contributed by atoms with van der Waals surface area (Å²) >= 11 is 0. The van der Waals surface area contributed by atoms with E-state index in [0.717, 1.165) is 0 Å². The molecule has 1 aliphatic rings. The van der Waals surface area contributed by atoms with Gasteiger partial charge in [-0.05, 0) is 31.2 Å². The lowest BCUT2D eigenvalue weighted by Crippen LogP contribution is -2.23. The van der Waals surface area contributed by atoms with Crippen LogP contribution in [-0.2, 0) is 23.1 Å². The van der Waals surface area contributed by atoms with Gasteiger partial charge in [-0.15, -0.1) is 0 Å². The first-order valence-corrected chi connectivity index (χ1v) is 10.4. The fraction of sp³-hybridized carbons (Fsp3) is 0.211. The Hall–Kier alpha value is -3.20. The Balaban J connectivity index is 1.86. The third-order valence-electron chi connectivity index (χ3n) is 4.71. The number of nitrogens with zero attached hydrogens (tertiary/aromatic N) is 3. The van der Waals surface area contributed by atoms with Crippen molar-refractivity contribution in [2.75, 3.05) is 10.5 Å². The van der Waals surface area contributed by atoms with E-state index in [0.29, 0.717) is 16.6 Å². The van der Waals surface area contributed by atoms with Gasteiger partial charge in [0.2, 0.25) is 10.0 Å². The first-order chi connectivity index (χ1) is 13.4. The van der Waals surface area contributed by atoms with Crippen LogP contribution in [0.15, 0.2) is 42.7 Å². The molecule has 1 aromatic carbocycles. The third-order valence-corrected chi connectivity index (χ3v) is 5.98. The quantitative estimate of drug-likeness (QED) is 0.638. The summed E-state index contributed by atoms with van der Waals surface area (Å²) in [5.41, 5.74) is 1.69. The van der Waals surface area contributed by atoms with Gasteiger partial charge < -0.3 is 10.0 Å². The zero-order valence-corrected chi connectivity index (χ0v) is 15.9. The Kier molecular flexibility index (Phi) is 4.38. The van der Waals surface area contributed by atoms with E-state index in [2.05, 4.69) is 14.7 Å². The Morgan fingerprint density at radius 1 is 1.18 bits per heavy atom. The molecule has 0 atom stereocenters. The molecule has 1 aliphatic heterocycles. The van der Waals surface area contributed by atoms with Gasteiger partial charge in [0, 0.05) is 29.9 Å². The van der Waals surface area contributed by atoms with Crippen LogP contribution in [0, 0.1) is 0 Å². The number of sulfonamides is 1. The van der Waals surface area contributed by atoms with E-state index in [4.69, 9.17) is 0 Å².